The summed E-state index contributed by atoms with van der Waals surface area (Å²) in [5, 5.41) is 10.6. The van der Waals surface area contributed by atoms with Gasteiger partial charge in [0.25, 0.3) is 0 Å². The van der Waals surface area contributed by atoms with Gasteiger partial charge in [0.05, 0.1) is 7.11 Å². The molecule has 2 rings (SSSR count). The zero-order valence-electron chi connectivity index (χ0n) is 9.51. The van der Waals surface area contributed by atoms with E-state index >= 15 is 0 Å². The standard InChI is InChI=1S/C13H13NO3/c1-17-13-11-8-9(3-5-12(15)16)2-4-10(11)6-7-14-13/h2,4,6-8H,3,5H2,1H3,(H,15,16). The highest BCUT2D eigenvalue weighted by atomic mass is 16.5. The number of fused-ring (bicyclic) bond motifs is 1. The number of rotatable bonds is 4. The fourth-order valence-electron chi connectivity index (χ4n) is 1.76. The number of aliphatic carboxylic acids is 1. The van der Waals surface area contributed by atoms with Gasteiger partial charge in [0.2, 0.25) is 5.88 Å². The van der Waals surface area contributed by atoms with Crippen LogP contribution in [0.15, 0.2) is 30.5 Å². The molecule has 0 fully saturated rings. The van der Waals surface area contributed by atoms with E-state index < -0.39 is 5.97 Å². The maximum atomic E-state index is 10.5. The molecular weight excluding hydrogens is 218 g/mol. The monoisotopic (exact) mass is 231 g/mol. The molecule has 0 aliphatic rings. The Morgan fingerprint density at radius 2 is 2.24 bits per heavy atom. The molecule has 0 amide bonds. The van der Waals surface area contributed by atoms with Crippen LogP contribution in [-0.4, -0.2) is 23.2 Å². The van der Waals surface area contributed by atoms with Gasteiger partial charge in [0, 0.05) is 18.0 Å². The molecule has 0 saturated heterocycles. The molecule has 1 N–H and O–H groups in total. The van der Waals surface area contributed by atoms with Crippen LogP contribution in [0.4, 0.5) is 0 Å². The minimum atomic E-state index is -0.789. The fourth-order valence-corrected chi connectivity index (χ4v) is 1.76. The van der Waals surface area contributed by atoms with Crippen LogP contribution < -0.4 is 4.74 Å². The van der Waals surface area contributed by atoms with Crippen LogP contribution in [-0.2, 0) is 11.2 Å². The van der Waals surface area contributed by atoms with Crippen molar-refractivity contribution in [2.45, 2.75) is 12.8 Å². The lowest BCUT2D eigenvalue weighted by atomic mass is 10.1. The van der Waals surface area contributed by atoms with Crippen LogP contribution in [0.25, 0.3) is 10.8 Å². The fraction of sp³-hybridized carbons (Fsp3) is 0.231. The van der Waals surface area contributed by atoms with Gasteiger partial charge in [-0.25, -0.2) is 4.98 Å². The molecule has 0 atom stereocenters. The van der Waals surface area contributed by atoms with Crippen molar-refractivity contribution < 1.29 is 14.6 Å². The molecule has 0 bridgehead atoms. The number of aryl methyl sites for hydroxylation is 1. The number of hydrogen-bond donors (Lipinski definition) is 1. The van der Waals surface area contributed by atoms with Gasteiger partial charge in [-0.2, -0.15) is 0 Å². The minimum Gasteiger partial charge on any atom is -0.481 e. The molecule has 4 heteroatoms. The SMILES string of the molecule is COc1nccc2ccc(CCC(=O)O)cc12. The Kier molecular flexibility index (Phi) is 3.23. The lowest BCUT2D eigenvalue weighted by Crippen LogP contribution is -1.97. The predicted molar refractivity (Wildman–Crippen MR) is 64.3 cm³/mol. The summed E-state index contributed by atoms with van der Waals surface area (Å²) in [5.74, 6) is -0.220. The zero-order valence-corrected chi connectivity index (χ0v) is 9.51. The van der Waals surface area contributed by atoms with Crippen LogP contribution in [0.5, 0.6) is 5.88 Å². The average Bonchev–Trinajstić information content (AvgIpc) is 2.35. The Labute approximate surface area is 98.9 Å². The predicted octanol–water partition coefficient (Wildman–Crippen LogP) is 2.26. The number of carbonyl (C=O) groups is 1. The topological polar surface area (TPSA) is 59.4 Å². The van der Waals surface area contributed by atoms with Gasteiger partial charge < -0.3 is 9.84 Å². The number of nitrogens with zero attached hydrogens (tertiary/aromatic N) is 1. The lowest BCUT2D eigenvalue weighted by Gasteiger charge is -2.06. The van der Waals surface area contributed by atoms with Crippen molar-refractivity contribution in [3.05, 3.63) is 36.0 Å². The number of methoxy groups -OCH3 is 1. The summed E-state index contributed by atoms with van der Waals surface area (Å²) in [6, 6.07) is 7.73. The summed E-state index contributed by atoms with van der Waals surface area (Å²) in [7, 11) is 1.58. The third-order valence-corrected chi connectivity index (χ3v) is 2.61. The number of carboxylic acid groups (broad SMARTS) is 1. The van der Waals surface area contributed by atoms with Gasteiger partial charge in [0.15, 0.2) is 0 Å². The average molecular weight is 231 g/mol. The van der Waals surface area contributed by atoms with Crippen molar-refractivity contribution in [1.82, 2.24) is 4.98 Å². The molecule has 0 radical (unpaired) electrons. The van der Waals surface area contributed by atoms with Crippen LogP contribution in [0, 0.1) is 0 Å². The Bertz CT molecular complexity index is 551. The van der Waals surface area contributed by atoms with E-state index in [4.69, 9.17) is 9.84 Å². The van der Waals surface area contributed by atoms with Crippen LogP contribution in [0.1, 0.15) is 12.0 Å². The largest absolute Gasteiger partial charge is 0.481 e. The molecule has 2 aromatic rings. The molecule has 0 aliphatic heterocycles. The van der Waals surface area contributed by atoms with Gasteiger partial charge in [-0.3, -0.25) is 4.79 Å². The Balaban J connectivity index is 2.37. The quantitative estimate of drug-likeness (QED) is 0.876. The number of benzene rings is 1. The Hall–Kier alpha value is -2.10. The normalized spacial score (nSPS) is 10.4. The van der Waals surface area contributed by atoms with Crippen LogP contribution in [0.3, 0.4) is 0 Å². The molecule has 17 heavy (non-hydrogen) atoms. The smallest absolute Gasteiger partial charge is 0.303 e. The van der Waals surface area contributed by atoms with Crippen LogP contribution in [0.2, 0.25) is 0 Å². The van der Waals surface area contributed by atoms with E-state index in [1.807, 2.05) is 24.3 Å². The van der Waals surface area contributed by atoms with E-state index in [9.17, 15) is 4.79 Å². The number of aromatic nitrogens is 1. The van der Waals surface area contributed by atoms with Crippen molar-refractivity contribution in [2.24, 2.45) is 0 Å². The first-order valence-electron chi connectivity index (χ1n) is 5.34. The third kappa shape index (κ3) is 2.53. The third-order valence-electron chi connectivity index (χ3n) is 2.61. The van der Waals surface area contributed by atoms with E-state index in [0.717, 1.165) is 16.3 Å². The summed E-state index contributed by atoms with van der Waals surface area (Å²) in [6.07, 6.45) is 2.34. The van der Waals surface area contributed by atoms with Crippen molar-refractivity contribution in [3.8, 4) is 5.88 Å². The highest BCUT2D eigenvalue weighted by Gasteiger charge is 2.05. The first kappa shape index (κ1) is 11.4. The van der Waals surface area contributed by atoms with Crippen molar-refractivity contribution in [2.75, 3.05) is 7.11 Å². The lowest BCUT2D eigenvalue weighted by molar-refractivity contribution is -0.136. The van der Waals surface area contributed by atoms with Crippen molar-refractivity contribution in [1.29, 1.82) is 0 Å². The summed E-state index contributed by atoms with van der Waals surface area (Å²) in [4.78, 5) is 14.6. The highest BCUT2D eigenvalue weighted by molar-refractivity contribution is 5.87. The molecule has 1 heterocycles. The van der Waals surface area contributed by atoms with E-state index in [1.165, 1.54) is 0 Å². The first-order chi connectivity index (χ1) is 8.20. The van der Waals surface area contributed by atoms with Gasteiger partial charge >= 0.3 is 5.97 Å². The summed E-state index contributed by atoms with van der Waals surface area (Å²) < 4.78 is 5.18. The maximum Gasteiger partial charge on any atom is 0.303 e. The number of hydrogen-bond acceptors (Lipinski definition) is 3. The number of ether oxygens (including phenoxy) is 1. The Morgan fingerprint density at radius 3 is 2.94 bits per heavy atom. The summed E-state index contributed by atoms with van der Waals surface area (Å²) in [5.41, 5.74) is 0.978. The molecule has 0 spiro atoms. The van der Waals surface area contributed by atoms with E-state index in [2.05, 4.69) is 4.98 Å². The van der Waals surface area contributed by atoms with Gasteiger partial charge in [-0.15, -0.1) is 0 Å². The minimum absolute atomic E-state index is 0.133. The second-order valence-corrected chi connectivity index (χ2v) is 3.77. The highest BCUT2D eigenvalue weighted by Crippen LogP contribution is 2.24. The maximum absolute atomic E-state index is 10.5. The van der Waals surface area contributed by atoms with E-state index in [1.54, 1.807) is 13.3 Å². The second-order valence-electron chi connectivity index (χ2n) is 3.77. The molecular formula is C13H13NO3. The first-order valence-corrected chi connectivity index (χ1v) is 5.34. The van der Waals surface area contributed by atoms with Gasteiger partial charge in [-0.1, -0.05) is 12.1 Å². The van der Waals surface area contributed by atoms with Gasteiger partial charge in [-0.05, 0) is 29.5 Å². The molecule has 0 aliphatic carbocycles. The molecule has 1 aromatic heterocycles. The van der Waals surface area contributed by atoms with Crippen molar-refractivity contribution in [3.63, 3.8) is 0 Å². The van der Waals surface area contributed by atoms with Crippen molar-refractivity contribution >= 4 is 16.7 Å². The second kappa shape index (κ2) is 4.82. The molecule has 0 unspecified atom stereocenters. The molecule has 88 valence electrons. The number of pyridine rings is 1. The summed E-state index contributed by atoms with van der Waals surface area (Å²) >= 11 is 0. The molecule has 4 nitrogen and oxygen atoms in total. The molecule has 1 aromatic carbocycles. The summed E-state index contributed by atoms with van der Waals surface area (Å²) in [6.45, 7) is 0. The van der Waals surface area contributed by atoms with E-state index in [0.29, 0.717) is 12.3 Å². The zero-order chi connectivity index (χ0) is 12.3. The van der Waals surface area contributed by atoms with Crippen LogP contribution >= 0.6 is 0 Å². The van der Waals surface area contributed by atoms with E-state index in [-0.39, 0.29) is 6.42 Å². The number of carboxylic acids is 1. The molecule has 0 saturated carbocycles. The Morgan fingerprint density at radius 1 is 1.41 bits per heavy atom. The van der Waals surface area contributed by atoms with Gasteiger partial charge in [0.1, 0.15) is 0 Å².